The molecule has 3 rings (SSSR count). The van der Waals surface area contributed by atoms with Crippen molar-refractivity contribution in [3.05, 3.63) is 70.3 Å². The predicted molar refractivity (Wildman–Crippen MR) is 120 cm³/mol. The minimum Gasteiger partial charge on any atom is -0.207 e. The van der Waals surface area contributed by atoms with Crippen molar-refractivity contribution in [2.45, 2.75) is 71.1 Å². The van der Waals surface area contributed by atoms with Crippen LogP contribution in [0.4, 0.5) is 8.78 Å². The molecule has 0 atom stereocenters. The van der Waals surface area contributed by atoms with Crippen molar-refractivity contribution < 1.29 is 8.78 Å². The number of benzene rings is 2. The van der Waals surface area contributed by atoms with E-state index >= 15 is 0 Å². The first-order chi connectivity index (χ1) is 14.6. The van der Waals surface area contributed by atoms with Crippen LogP contribution in [0.5, 0.6) is 0 Å². The van der Waals surface area contributed by atoms with Crippen molar-refractivity contribution in [2.75, 3.05) is 0 Å². The Morgan fingerprint density at radius 2 is 1.47 bits per heavy atom. The molecule has 2 aromatic rings. The third-order valence-corrected chi connectivity index (χ3v) is 5.91. The molecule has 1 saturated carbocycles. The van der Waals surface area contributed by atoms with Gasteiger partial charge < -0.3 is 0 Å². The molecule has 1 aliphatic carbocycles. The highest BCUT2D eigenvalue weighted by Crippen LogP contribution is 2.36. The van der Waals surface area contributed by atoms with Crippen molar-refractivity contribution in [3.63, 3.8) is 0 Å². The molecule has 2 heteroatoms. The number of hydrogen-bond acceptors (Lipinski definition) is 0. The lowest BCUT2D eigenvalue weighted by molar-refractivity contribution is 0.331. The normalized spacial score (nSPS) is 18.1. The zero-order valence-electron chi connectivity index (χ0n) is 18.0. The quantitative estimate of drug-likeness (QED) is 0.466. The van der Waals surface area contributed by atoms with Crippen LogP contribution in [0, 0.1) is 41.2 Å². The highest BCUT2D eigenvalue weighted by Gasteiger charge is 2.21. The van der Waals surface area contributed by atoms with Gasteiger partial charge in [0.15, 0.2) is 0 Å². The summed E-state index contributed by atoms with van der Waals surface area (Å²) < 4.78 is 28.2. The van der Waals surface area contributed by atoms with Gasteiger partial charge in [0.25, 0.3) is 0 Å². The molecule has 0 aliphatic heterocycles. The van der Waals surface area contributed by atoms with E-state index in [-0.39, 0.29) is 5.56 Å². The van der Waals surface area contributed by atoms with Gasteiger partial charge in [-0.3, -0.25) is 0 Å². The number of hydrogen-bond donors (Lipinski definition) is 0. The summed E-state index contributed by atoms with van der Waals surface area (Å²) in [6, 6.07) is 11.0. The van der Waals surface area contributed by atoms with Gasteiger partial charge in [0.1, 0.15) is 11.6 Å². The number of rotatable bonds is 4. The summed E-state index contributed by atoms with van der Waals surface area (Å²) in [5.74, 6) is 12.7. The van der Waals surface area contributed by atoms with Gasteiger partial charge in [-0.05, 0) is 73.8 Å². The Balaban J connectivity index is 1.61. The summed E-state index contributed by atoms with van der Waals surface area (Å²) in [5.41, 5.74) is 2.75. The molecule has 2 aromatic carbocycles. The van der Waals surface area contributed by atoms with Gasteiger partial charge in [-0.1, -0.05) is 44.2 Å². The van der Waals surface area contributed by atoms with E-state index in [4.69, 9.17) is 0 Å². The van der Waals surface area contributed by atoms with Gasteiger partial charge in [-0.25, -0.2) is 8.78 Å². The van der Waals surface area contributed by atoms with E-state index < -0.39 is 11.6 Å². The molecule has 0 bridgehead atoms. The Hall–Kier alpha value is -2.58. The standard InChI is InChI=1S/C28H30F2/c1-3-5-6-8-21-11-15-24(16-12-21)25-17-13-22(14-18-25)9-10-23-19-27(29)26(7-4-2)28(30)20-23/h13-14,17-21,24H,3-4,7-8,11-12,15-16H2,1-2H3. The summed E-state index contributed by atoms with van der Waals surface area (Å²) in [7, 11) is 0. The first-order valence-electron chi connectivity index (χ1n) is 11.2. The summed E-state index contributed by atoms with van der Waals surface area (Å²) >= 11 is 0. The third-order valence-electron chi connectivity index (χ3n) is 5.91. The molecule has 0 spiro atoms. The molecule has 0 unspecified atom stereocenters. The topological polar surface area (TPSA) is 0 Å². The second kappa shape index (κ2) is 11.0. The van der Waals surface area contributed by atoms with E-state index in [9.17, 15) is 8.78 Å². The number of halogens is 2. The molecule has 0 heterocycles. The van der Waals surface area contributed by atoms with Crippen molar-refractivity contribution in [1.82, 2.24) is 0 Å². The van der Waals surface area contributed by atoms with Crippen LogP contribution in [0.15, 0.2) is 36.4 Å². The zero-order chi connectivity index (χ0) is 21.3. The van der Waals surface area contributed by atoms with Crippen LogP contribution >= 0.6 is 0 Å². The molecule has 0 aromatic heterocycles. The zero-order valence-corrected chi connectivity index (χ0v) is 18.0. The lowest BCUT2D eigenvalue weighted by atomic mass is 9.77. The molecule has 0 N–H and O–H groups in total. The van der Waals surface area contributed by atoms with Crippen molar-refractivity contribution in [3.8, 4) is 23.7 Å². The first kappa shape index (κ1) is 22.1. The summed E-state index contributed by atoms with van der Waals surface area (Å²) in [5, 5.41) is 0. The van der Waals surface area contributed by atoms with Crippen LogP contribution in [0.3, 0.4) is 0 Å². The summed E-state index contributed by atoms with van der Waals surface area (Å²) in [6.07, 6.45) is 8.01. The maximum absolute atomic E-state index is 14.1. The SMILES string of the molecule is CCC#CCC1CCC(c2ccc(C#Cc3cc(F)c(CCC)c(F)c3)cc2)CC1. The highest BCUT2D eigenvalue weighted by atomic mass is 19.1. The maximum Gasteiger partial charge on any atom is 0.130 e. The van der Waals surface area contributed by atoms with Crippen molar-refractivity contribution in [2.24, 2.45) is 5.92 Å². The van der Waals surface area contributed by atoms with Crippen LogP contribution in [0.25, 0.3) is 0 Å². The fourth-order valence-electron chi connectivity index (χ4n) is 4.19. The fourth-order valence-corrected chi connectivity index (χ4v) is 4.19. The fraction of sp³-hybridized carbons (Fsp3) is 0.429. The molecular weight excluding hydrogens is 374 g/mol. The van der Waals surface area contributed by atoms with E-state index in [1.807, 2.05) is 19.1 Å². The first-order valence-corrected chi connectivity index (χ1v) is 11.2. The van der Waals surface area contributed by atoms with Gasteiger partial charge in [0.2, 0.25) is 0 Å². The predicted octanol–water partition coefficient (Wildman–Crippen LogP) is 7.39. The van der Waals surface area contributed by atoms with Crippen LogP contribution in [-0.4, -0.2) is 0 Å². The van der Waals surface area contributed by atoms with Gasteiger partial charge >= 0.3 is 0 Å². The molecule has 0 radical (unpaired) electrons. The van der Waals surface area contributed by atoms with E-state index in [2.05, 4.69) is 42.7 Å². The van der Waals surface area contributed by atoms with Gasteiger partial charge in [0.05, 0.1) is 0 Å². The summed E-state index contributed by atoms with van der Waals surface area (Å²) in [4.78, 5) is 0. The Morgan fingerprint density at radius 1 is 0.833 bits per heavy atom. The minimum atomic E-state index is -0.507. The van der Waals surface area contributed by atoms with Gasteiger partial charge in [-0.15, -0.1) is 11.8 Å². The maximum atomic E-state index is 14.1. The van der Waals surface area contributed by atoms with E-state index in [0.717, 1.165) is 24.3 Å². The average Bonchev–Trinajstić information content (AvgIpc) is 2.76. The molecule has 30 heavy (non-hydrogen) atoms. The van der Waals surface area contributed by atoms with Crippen molar-refractivity contribution in [1.29, 1.82) is 0 Å². The lowest BCUT2D eigenvalue weighted by Gasteiger charge is -2.27. The molecule has 1 aliphatic rings. The Bertz CT molecular complexity index is 933. The monoisotopic (exact) mass is 404 g/mol. The molecule has 0 amide bonds. The second-order valence-electron chi connectivity index (χ2n) is 8.17. The average molecular weight is 405 g/mol. The Kier molecular flexibility index (Phi) is 8.10. The van der Waals surface area contributed by atoms with Crippen LogP contribution in [0.2, 0.25) is 0 Å². The molecule has 156 valence electrons. The third kappa shape index (κ3) is 5.96. The van der Waals surface area contributed by atoms with E-state index in [1.165, 1.54) is 43.4 Å². The van der Waals surface area contributed by atoms with E-state index in [1.54, 1.807) is 0 Å². The Morgan fingerprint density at radius 3 is 2.07 bits per heavy atom. The van der Waals surface area contributed by atoms with E-state index in [0.29, 0.717) is 24.3 Å². The van der Waals surface area contributed by atoms with Gasteiger partial charge in [0, 0.05) is 29.5 Å². The molecule has 0 nitrogen and oxygen atoms in total. The van der Waals surface area contributed by atoms with Crippen LogP contribution in [0.1, 0.15) is 87.0 Å². The smallest absolute Gasteiger partial charge is 0.130 e. The second-order valence-corrected chi connectivity index (χ2v) is 8.17. The minimum absolute atomic E-state index is 0.152. The molecule has 0 saturated heterocycles. The van der Waals surface area contributed by atoms with Crippen LogP contribution in [-0.2, 0) is 6.42 Å². The Labute approximate surface area is 180 Å². The van der Waals surface area contributed by atoms with Crippen molar-refractivity contribution >= 4 is 0 Å². The van der Waals surface area contributed by atoms with Gasteiger partial charge in [-0.2, -0.15) is 0 Å². The summed E-state index contributed by atoms with van der Waals surface area (Å²) in [6.45, 7) is 4.00. The lowest BCUT2D eigenvalue weighted by Crippen LogP contribution is -2.12. The largest absolute Gasteiger partial charge is 0.207 e. The molecular formula is C28H30F2. The van der Waals surface area contributed by atoms with Crippen LogP contribution < -0.4 is 0 Å². The highest BCUT2D eigenvalue weighted by molar-refractivity contribution is 5.45. The molecule has 1 fully saturated rings.